The van der Waals surface area contributed by atoms with E-state index in [9.17, 15) is 19.6 Å². The number of phosphoric acid groups is 1. The van der Waals surface area contributed by atoms with Gasteiger partial charge in [0.25, 0.3) is 5.69 Å². The minimum absolute atomic E-state index is 0.0389. The topological polar surface area (TPSA) is 117 Å². The lowest BCUT2D eigenvalue weighted by Crippen LogP contribution is -2.35. The largest absolute Gasteiger partial charge is 0.527 e. The molecule has 21 heavy (non-hydrogen) atoms. The van der Waals surface area contributed by atoms with E-state index in [1.165, 1.54) is 33.3 Å². The van der Waals surface area contributed by atoms with Crippen molar-refractivity contribution in [2.75, 3.05) is 20.8 Å². The van der Waals surface area contributed by atoms with Crippen molar-refractivity contribution in [2.45, 2.75) is 12.7 Å². The SMILES string of the molecule is COC(C)(COP(=O)(O)Oc1ccc([N+](=O)[O-])cc1)OC. The van der Waals surface area contributed by atoms with Crippen LogP contribution in [0.15, 0.2) is 24.3 Å². The van der Waals surface area contributed by atoms with Crippen LogP contribution in [0.2, 0.25) is 0 Å². The Kier molecular flexibility index (Phi) is 5.82. The number of ether oxygens (including phenoxy) is 2. The average molecular weight is 321 g/mol. The van der Waals surface area contributed by atoms with Crippen LogP contribution in [0.3, 0.4) is 0 Å². The van der Waals surface area contributed by atoms with Crippen molar-refractivity contribution in [2.24, 2.45) is 0 Å². The minimum atomic E-state index is -4.41. The molecule has 0 amide bonds. The first-order chi connectivity index (χ1) is 9.71. The molecule has 0 fully saturated rings. The molecule has 1 rings (SSSR count). The zero-order chi connectivity index (χ0) is 16.1. The molecule has 118 valence electrons. The maximum Gasteiger partial charge on any atom is 0.527 e. The Morgan fingerprint density at radius 2 is 1.81 bits per heavy atom. The number of rotatable bonds is 8. The number of phosphoric ester groups is 1. The Hall–Kier alpha value is -1.51. The highest BCUT2D eigenvalue weighted by Gasteiger charge is 2.31. The molecule has 1 atom stereocenters. The summed E-state index contributed by atoms with van der Waals surface area (Å²) in [6, 6.07) is 4.67. The second kappa shape index (κ2) is 6.97. The summed E-state index contributed by atoms with van der Waals surface area (Å²) in [7, 11) is -1.70. The van der Waals surface area contributed by atoms with Crippen molar-refractivity contribution in [3.8, 4) is 5.75 Å². The van der Waals surface area contributed by atoms with Gasteiger partial charge in [-0.25, -0.2) is 4.57 Å². The highest BCUT2D eigenvalue weighted by atomic mass is 31.2. The van der Waals surface area contributed by atoms with Crippen molar-refractivity contribution in [1.29, 1.82) is 0 Å². The Labute approximate surface area is 121 Å². The van der Waals surface area contributed by atoms with Crippen LogP contribution in [-0.4, -0.2) is 36.4 Å². The molecule has 0 saturated carbocycles. The van der Waals surface area contributed by atoms with Gasteiger partial charge in [-0.1, -0.05) is 0 Å². The predicted octanol–water partition coefficient (Wildman–Crippen LogP) is 2.10. The fourth-order valence-corrected chi connectivity index (χ4v) is 2.03. The molecule has 1 aromatic carbocycles. The van der Waals surface area contributed by atoms with E-state index >= 15 is 0 Å². The van der Waals surface area contributed by atoms with E-state index in [-0.39, 0.29) is 18.0 Å². The average Bonchev–Trinajstić information content (AvgIpc) is 2.45. The summed E-state index contributed by atoms with van der Waals surface area (Å²) in [6.07, 6.45) is 0. The Bertz CT molecular complexity index is 528. The highest BCUT2D eigenvalue weighted by molar-refractivity contribution is 7.47. The molecule has 0 bridgehead atoms. The van der Waals surface area contributed by atoms with Crippen LogP contribution in [0.4, 0.5) is 5.69 Å². The molecule has 0 aliphatic carbocycles. The van der Waals surface area contributed by atoms with Crippen LogP contribution in [0.25, 0.3) is 0 Å². The third-order valence-corrected chi connectivity index (χ3v) is 3.52. The molecular weight excluding hydrogens is 305 g/mol. The van der Waals surface area contributed by atoms with E-state index in [4.69, 9.17) is 18.5 Å². The van der Waals surface area contributed by atoms with Gasteiger partial charge >= 0.3 is 7.82 Å². The zero-order valence-corrected chi connectivity index (χ0v) is 12.6. The first-order valence-corrected chi connectivity index (χ1v) is 7.22. The summed E-state index contributed by atoms with van der Waals surface area (Å²) in [5, 5.41) is 10.5. The fraction of sp³-hybridized carbons (Fsp3) is 0.455. The third-order valence-electron chi connectivity index (χ3n) is 2.62. The lowest BCUT2D eigenvalue weighted by molar-refractivity contribution is -0.384. The van der Waals surface area contributed by atoms with Gasteiger partial charge in [-0.05, 0) is 19.1 Å². The van der Waals surface area contributed by atoms with E-state index < -0.39 is 18.5 Å². The quantitative estimate of drug-likeness (QED) is 0.335. The molecule has 0 aliphatic heterocycles. The molecule has 10 heteroatoms. The molecule has 0 radical (unpaired) electrons. The molecule has 1 N–H and O–H groups in total. The summed E-state index contributed by atoms with van der Waals surface area (Å²) in [4.78, 5) is 19.5. The molecule has 1 aromatic rings. The minimum Gasteiger partial charge on any atom is -0.404 e. The summed E-state index contributed by atoms with van der Waals surface area (Å²) >= 11 is 0. The maximum atomic E-state index is 11.7. The van der Waals surface area contributed by atoms with E-state index in [1.807, 2.05) is 0 Å². The molecule has 0 heterocycles. The second-order valence-corrected chi connectivity index (χ2v) is 5.50. The van der Waals surface area contributed by atoms with E-state index in [0.717, 1.165) is 12.1 Å². The van der Waals surface area contributed by atoms with Crippen LogP contribution in [0, 0.1) is 10.1 Å². The number of non-ortho nitro benzene ring substituents is 1. The van der Waals surface area contributed by atoms with Crippen molar-refractivity contribution in [3.63, 3.8) is 0 Å². The molecule has 9 nitrogen and oxygen atoms in total. The molecular formula is C11H16NO8P. The maximum absolute atomic E-state index is 11.7. The van der Waals surface area contributed by atoms with Crippen molar-refractivity contribution in [3.05, 3.63) is 34.4 Å². The van der Waals surface area contributed by atoms with Crippen molar-refractivity contribution in [1.82, 2.24) is 0 Å². The Morgan fingerprint density at radius 1 is 1.29 bits per heavy atom. The van der Waals surface area contributed by atoms with E-state index in [0.29, 0.717) is 0 Å². The summed E-state index contributed by atoms with van der Waals surface area (Å²) in [5.74, 6) is -1.24. The van der Waals surface area contributed by atoms with Crippen molar-refractivity contribution < 1.29 is 32.9 Å². The van der Waals surface area contributed by atoms with Gasteiger partial charge in [0.1, 0.15) is 12.4 Å². The van der Waals surface area contributed by atoms with E-state index in [2.05, 4.69) is 0 Å². The standard InChI is InChI=1S/C11H16NO8P/c1-11(17-2,18-3)8-19-21(15,16)20-10-6-4-9(5-7-10)12(13)14/h4-7H,8H2,1-3H3,(H,15,16). The van der Waals surface area contributed by atoms with Crippen molar-refractivity contribution >= 4 is 13.5 Å². The van der Waals surface area contributed by atoms with Gasteiger partial charge in [-0.15, -0.1) is 0 Å². The molecule has 0 saturated heterocycles. The van der Waals surface area contributed by atoms with Gasteiger partial charge < -0.3 is 14.0 Å². The first kappa shape index (κ1) is 17.5. The number of nitrogens with zero attached hydrogens (tertiary/aromatic N) is 1. The molecule has 1 unspecified atom stereocenters. The second-order valence-electron chi connectivity index (χ2n) is 4.13. The van der Waals surface area contributed by atoms with Crippen LogP contribution < -0.4 is 4.52 Å². The van der Waals surface area contributed by atoms with Gasteiger partial charge in [0.05, 0.1) is 4.92 Å². The predicted molar refractivity (Wildman–Crippen MR) is 71.9 cm³/mol. The van der Waals surface area contributed by atoms with Crippen LogP contribution in [0.1, 0.15) is 6.92 Å². The number of nitro groups is 1. The molecule has 0 aromatic heterocycles. The van der Waals surface area contributed by atoms with Gasteiger partial charge in [-0.2, -0.15) is 0 Å². The summed E-state index contributed by atoms with van der Waals surface area (Å²) in [5.41, 5.74) is -0.164. The highest BCUT2D eigenvalue weighted by Crippen LogP contribution is 2.44. The van der Waals surface area contributed by atoms with Crippen LogP contribution in [-0.2, 0) is 18.6 Å². The first-order valence-electron chi connectivity index (χ1n) is 5.73. The van der Waals surface area contributed by atoms with E-state index in [1.54, 1.807) is 0 Å². The van der Waals surface area contributed by atoms with Gasteiger partial charge in [0, 0.05) is 26.4 Å². The smallest absolute Gasteiger partial charge is 0.404 e. The molecule has 0 spiro atoms. The summed E-state index contributed by atoms with van der Waals surface area (Å²) < 4.78 is 31.2. The molecule has 0 aliphatic rings. The lowest BCUT2D eigenvalue weighted by atomic mass is 10.3. The van der Waals surface area contributed by atoms with Crippen LogP contribution >= 0.6 is 7.82 Å². The number of hydrogen-bond acceptors (Lipinski definition) is 7. The lowest BCUT2D eigenvalue weighted by Gasteiger charge is -2.26. The number of benzene rings is 1. The van der Waals surface area contributed by atoms with Crippen LogP contribution in [0.5, 0.6) is 5.75 Å². The monoisotopic (exact) mass is 321 g/mol. The number of nitro benzene ring substituents is 1. The number of methoxy groups -OCH3 is 2. The normalized spacial score (nSPS) is 14.5. The van der Waals surface area contributed by atoms with Gasteiger partial charge in [0.2, 0.25) is 0 Å². The zero-order valence-electron chi connectivity index (χ0n) is 11.7. The van der Waals surface area contributed by atoms with Gasteiger partial charge in [-0.3, -0.25) is 19.5 Å². The Balaban J connectivity index is 2.67. The third kappa shape index (κ3) is 5.41. The van der Waals surface area contributed by atoms with Gasteiger partial charge in [0.15, 0.2) is 5.79 Å². The summed E-state index contributed by atoms with van der Waals surface area (Å²) in [6.45, 7) is 1.17. The fourth-order valence-electron chi connectivity index (χ4n) is 1.19. The number of hydrogen-bond donors (Lipinski definition) is 1. The Morgan fingerprint density at radius 3 is 2.24 bits per heavy atom.